The van der Waals surface area contributed by atoms with Crippen molar-refractivity contribution in [1.29, 1.82) is 0 Å². The molecule has 4 saturated carbocycles. The molecule has 0 radical (unpaired) electrons. The minimum absolute atomic E-state index is 0.0288. The van der Waals surface area contributed by atoms with E-state index in [1.165, 1.54) is 49.9 Å². The highest BCUT2D eigenvalue weighted by atomic mass is 32.1. The molecule has 5 aliphatic rings. The smallest absolute Gasteiger partial charge is 0.233 e. The molecule has 1 aromatic carbocycles. The van der Waals surface area contributed by atoms with Crippen LogP contribution in [0.3, 0.4) is 0 Å². The Morgan fingerprint density at radius 3 is 2.29 bits per heavy atom. The number of thiazole rings is 1. The van der Waals surface area contributed by atoms with Gasteiger partial charge in [-0.05, 0) is 92.0 Å². The Morgan fingerprint density at radius 2 is 1.57 bits per heavy atom. The highest BCUT2D eigenvalue weighted by molar-refractivity contribution is 7.19. The molecule has 1 aliphatic heterocycles. The van der Waals surface area contributed by atoms with Gasteiger partial charge >= 0.3 is 0 Å². The number of benzene rings is 1. The average Bonchev–Trinajstić information content (AvgIpc) is 3.26. The van der Waals surface area contributed by atoms with E-state index in [-0.39, 0.29) is 11.3 Å². The molecule has 4 bridgehead atoms. The van der Waals surface area contributed by atoms with Crippen LogP contribution < -0.4 is 4.90 Å². The molecule has 0 amide bonds. The van der Waals surface area contributed by atoms with Crippen molar-refractivity contribution >= 4 is 16.5 Å². The Bertz CT molecular complexity index is 1230. The lowest BCUT2D eigenvalue weighted by atomic mass is 9.48. The standard InChI is InChI=1S/C28H31N3O3S/c32-24-5-4-20(13-21(24)28-14-17-10-18(15-28)12-19(11-17)16-28)22-2-1-3-23(29-22)25-26(33)30-27(35-25)31-6-8-34-9-7-31/h1-5,13,17-19,32-33H,6-12,14-16H2. The molecule has 5 fully saturated rings. The number of morpholine rings is 1. The number of anilines is 1. The van der Waals surface area contributed by atoms with Crippen LogP contribution in [0.2, 0.25) is 0 Å². The Labute approximate surface area is 209 Å². The number of hydrogen-bond acceptors (Lipinski definition) is 7. The van der Waals surface area contributed by atoms with Gasteiger partial charge in [-0.2, -0.15) is 4.98 Å². The summed E-state index contributed by atoms with van der Waals surface area (Å²) in [6, 6.07) is 12.0. The number of rotatable bonds is 4. The van der Waals surface area contributed by atoms with Gasteiger partial charge in [-0.1, -0.05) is 17.4 Å². The van der Waals surface area contributed by atoms with Crippen LogP contribution in [-0.4, -0.2) is 46.5 Å². The number of aromatic nitrogens is 2. The summed E-state index contributed by atoms with van der Waals surface area (Å²) in [7, 11) is 0. The van der Waals surface area contributed by atoms with E-state index < -0.39 is 0 Å². The zero-order valence-corrected chi connectivity index (χ0v) is 20.6. The fourth-order valence-electron chi connectivity index (χ4n) is 7.64. The molecular weight excluding hydrogens is 458 g/mol. The number of phenolic OH excluding ortho intramolecular Hbond substituents is 1. The van der Waals surface area contributed by atoms with Gasteiger partial charge in [-0.15, -0.1) is 0 Å². The largest absolute Gasteiger partial charge is 0.508 e. The summed E-state index contributed by atoms with van der Waals surface area (Å²) < 4.78 is 5.44. The van der Waals surface area contributed by atoms with Crippen LogP contribution in [0.5, 0.6) is 11.6 Å². The van der Waals surface area contributed by atoms with E-state index >= 15 is 0 Å². The number of ether oxygens (including phenoxy) is 1. The van der Waals surface area contributed by atoms with Crippen LogP contribution in [0.1, 0.15) is 44.1 Å². The van der Waals surface area contributed by atoms with E-state index in [9.17, 15) is 10.2 Å². The summed E-state index contributed by atoms with van der Waals surface area (Å²) in [5, 5.41) is 22.4. The Hall–Kier alpha value is -2.64. The summed E-state index contributed by atoms with van der Waals surface area (Å²) >= 11 is 1.47. The quantitative estimate of drug-likeness (QED) is 0.498. The van der Waals surface area contributed by atoms with E-state index in [1.807, 2.05) is 30.3 Å². The monoisotopic (exact) mass is 489 g/mol. The zero-order chi connectivity index (χ0) is 23.6. The van der Waals surface area contributed by atoms with Gasteiger partial charge in [-0.3, -0.25) is 0 Å². The first-order chi connectivity index (χ1) is 17.1. The van der Waals surface area contributed by atoms with Crippen LogP contribution >= 0.6 is 11.3 Å². The van der Waals surface area contributed by atoms with Crippen LogP contribution in [0.25, 0.3) is 21.8 Å². The van der Waals surface area contributed by atoms with Gasteiger partial charge in [0.15, 0.2) is 5.13 Å². The van der Waals surface area contributed by atoms with E-state index in [2.05, 4.69) is 16.0 Å². The van der Waals surface area contributed by atoms with Crippen molar-refractivity contribution in [2.75, 3.05) is 31.2 Å². The average molecular weight is 490 g/mol. The molecule has 3 aromatic rings. The lowest BCUT2D eigenvalue weighted by Crippen LogP contribution is -2.48. The molecule has 6 nitrogen and oxygen atoms in total. The van der Waals surface area contributed by atoms with E-state index in [1.54, 1.807) is 0 Å². The molecule has 35 heavy (non-hydrogen) atoms. The van der Waals surface area contributed by atoms with Gasteiger partial charge in [0.05, 0.1) is 24.6 Å². The fraction of sp³-hybridized carbons (Fsp3) is 0.500. The molecule has 8 rings (SSSR count). The molecule has 0 atom stereocenters. The predicted octanol–water partition coefficient (Wildman–Crippen LogP) is 5.59. The van der Waals surface area contributed by atoms with Crippen molar-refractivity contribution in [1.82, 2.24) is 9.97 Å². The third-order valence-electron chi connectivity index (χ3n) is 8.76. The highest BCUT2D eigenvalue weighted by Gasteiger charge is 2.52. The molecule has 2 N–H and O–H groups in total. The summed E-state index contributed by atoms with van der Waals surface area (Å²) in [6.45, 7) is 2.91. The molecular formula is C28H31N3O3S. The first-order valence-electron chi connectivity index (χ1n) is 12.9. The molecule has 3 heterocycles. The summed E-state index contributed by atoms with van der Waals surface area (Å²) in [4.78, 5) is 12.2. The van der Waals surface area contributed by atoms with Gasteiger partial charge in [0.1, 0.15) is 10.6 Å². The van der Waals surface area contributed by atoms with Crippen LogP contribution in [0.15, 0.2) is 36.4 Å². The van der Waals surface area contributed by atoms with Gasteiger partial charge in [0.25, 0.3) is 0 Å². The van der Waals surface area contributed by atoms with Crippen molar-refractivity contribution in [2.24, 2.45) is 17.8 Å². The summed E-state index contributed by atoms with van der Waals surface area (Å²) in [5.41, 5.74) is 3.84. The lowest BCUT2D eigenvalue weighted by Gasteiger charge is -2.57. The van der Waals surface area contributed by atoms with E-state index in [0.717, 1.165) is 58.5 Å². The van der Waals surface area contributed by atoms with Crippen molar-refractivity contribution in [3.63, 3.8) is 0 Å². The number of hydrogen-bond donors (Lipinski definition) is 2. The molecule has 2 aromatic heterocycles. The van der Waals surface area contributed by atoms with Crippen molar-refractivity contribution in [3.05, 3.63) is 42.0 Å². The SMILES string of the molecule is Oc1ccc(-c2cccc(-c3sc(N4CCOCC4)nc3O)n2)cc1C12CC3CC(CC(C3)C1)C2. The third-order valence-corrected chi connectivity index (χ3v) is 9.89. The molecule has 7 heteroatoms. The molecule has 0 unspecified atom stereocenters. The van der Waals surface area contributed by atoms with Crippen molar-refractivity contribution < 1.29 is 14.9 Å². The minimum Gasteiger partial charge on any atom is -0.508 e. The second-order valence-corrected chi connectivity index (χ2v) is 12.1. The van der Waals surface area contributed by atoms with E-state index in [0.29, 0.717) is 23.8 Å². The van der Waals surface area contributed by atoms with Crippen LogP contribution in [-0.2, 0) is 10.2 Å². The first kappa shape index (κ1) is 21.6. The van der Waals surface area contributed by atoms with E-state index in [4.69, 9.17) is 9.72 Å². The Morgan fingerprint density at radius 1 is 0.886 bits per heavy atom. The summed E-state index contributed by atoms with van der Waals surface area (Å²) in [6.07, 6.45) is 7.78. The van der Waals surface area contributed by atoms with Gasteiger partial charge in [0.2, 0.25) is 5.88 Å². The first-order valence-corrected chi connectivity index (χ1v) is 13.7. The van der Waals surface area contributed by atoms with Crippen molar-refractivity contribution in [3.8, 4) is 33.5 Å². The molecule has 4 aliphatic carbocycles. The zero-order valence-electron chi connectivity index (χ0n) is 19.8. The second-order valence-electron chi connectivity index (χ2n) is 11.1. The normalized spacial score (nSPS) is 29.6. The maximum Gasteiger partial charge on any atom is 0.233 e. The number of phenols is 1. The number of nitrogens with zero attached hydrogens (tertiary/aromatic N) is 3. The minimum atomic E-state index is 0.0288. The summed E-state index contributed by atoms with van der Waals surface area (Å²) in [5.74, 6) is 2.92. The fourth-order valence-corrected chi connectivity index (χ4v) is 8.62. The van der Waals surface area contributed by atoms with Gasteiger partial charge < -0.3 is 19.8 Å². The Balaban J connectivity index is 1.23. The number of aromatic hydroxyl groups is 2. The van der Waals surface area contributed by atoms with Gasteiger partial charge in [0, 0.05) is 24.2 Å². The molecule has 0 spiro atoms. The lowest BCUT2D eigenvalue weighted by molar-refractivity contribution is -0.00611. The second kappa shape index (κ2) is 8.20. The van der Waals surface area contributed by atoms with Crippen LogP contribution in [0.4, 0.5) is 5.13 Å². The maximum atomic E-state index is 11.0. The van der Waals surface area contributed by atoms with Gasteiger partial charge in [-0.25, -0.2) is 4.98 Å². The predicted molar refractivity (Wildman–Crippen MR) is 137 cm³/mol. The topological polar surface area (TPSA) is 78.7 Å². The third kappa shape index (κ3) is 3.71. The number of pyridine rings is 1. The highest BCUT2D eigenvalue weighted by Crippen LogP contribution is 2.62. The van der Waals surface area contributed by atoms with Crippen LogP contribution in [0, 0.1) is 17.8 Å². The molecule has 1 saturated heterocycles. The Kier molecular flexibility index (Phi) is 5.07. The molecule has 182 valence electrons. The van der Waals surface area contributed by atoms with Crippen molar-refractivity contribution in [2.45, 2.75) is 43.9 Å². The maximum absolute atomic E-state index is 11.0.